The first kappa shape index (κ1) is 23.7. The molecule has 2 aliphatic rings. The monoisotopic (exact) mass is 475 g/mol. The van der Waals surface area contributed by atoms with Crippen molar-refractivity contribution in [3.63, 3.8) is 0 Å². The molecule has 1 saturated carbocycles. The number of nitrogens with one attached hydrogen (secondary N) is 2. The molecule has 33 heavy (non-hydrogen) atoms. The first-order valence-corrected chi connectivity index (χ1v) is 12.4. The Kier molecular flexibility index (Phi) is 7.67. The smallest absolute Gasteiger partial charge is 0.406 e. The highest BCUT2D eigenvalue weighted by molar-refractivity contribution is 7.15. The van der Waals surface area contributed by atoms with E-state index in [-0.39, 0.29) is 18.0 Å². The van der Waals surface area contributed by atoms with Crippen molar-refractivity contribution in [1.82, 2.24) is 25.3 Å². The van der Waals surface area contributed by atoms with Gasteiger partial charge in [0.1, 0.15) is 6.10 Å². The van der Waals surface area contributed by atoms with Gasteiger partial charge in [-0.15, -0.1) is 11.3 Å². The van der Waals surface area contributed by atoms with Crippen molar-refractivity contribution in [2.45, 2.75) is 50.8 Å². The topological polar surface area (TPSA) is 97.7 Å². The van der Waals surface area contributed by atoms with E-state index >= 15 is 0 Å². The van der Waals surface area contributed by atoms with Gasteiger partial charge in [-0.05, 0) is 50.3 Å². The largest absolute Gasteiger partial charge is 0.453 e. The van der Waals surface area contributed by atoms with Crippen molar-refractivity contribution in [2.24, 2.45) is 7.05 Å². The zero-order chi connectivity index (χ0) is 23.4. The van der Waals surface area contributed by atoms with Crippen LogP contribution in [-0.4, -0.2) is 72.2 Å². The van der Waals surface area contributed by atoms with Gasteiger partial charge in [0.15, 0.2) is 0 Å². The molecule has 4 rings (SSSR count). The SMILES string of the molecule is COC(=O)NCCCc1cc([C@H](C)N(C(=O)[C@H]2CNCCO2)C2CC2)sc1-c1ccnn1C. The number of hydrogen-bond acceptors (Lipinski definition) is 7. The zero-order valence-electron chi connectivity index (χ0n) is 19.5. The number of amides is 2. The summed E-state index contributed by atoms with van der Waals surface area (Å²) in [7, 11) is 3.30. The Hall–Kier alpha value is -2.43. The van der Waals surface area contributed by atoms with Gasteiger partial charge in [0, 0.05) is 43.8 Å². The fraction of sp³-hybridized carbons (Fsp3) is 0.609. The minimum atomic E-state index is -0.417. The number of methoxy groups -OCH3 is 1. The molecule has 180 valence electrons. The van der Waals surface area contributed by atoms with Gasteiger partial charge in [-0.25, -0.2) is 4.79 Å². The van der Waals surface area contributed by atoms with E-state index in [2.05, 4.69) is 33.5 Å². The minimum Gasteiger partial charge on any atom is -0.453 e. The molecule has 3 heterocycles. The van der Waals surface area contributed by atoms with Gasteiger partial charge < -0.3 is 25.0 Å². The molecule has 9 nitrogen and oxygen atoms in total. The molecule has 10 heteroatoms. The summed E-state index contributed by atoms with van der Waals surface area (Å²) in [5.74, 6) is 0.0801. The van der Waals surface area contributed by atoms with Gasteiger partial charge in [-0.2, -0.15) is 5.10 Å². The Morgan fingerprint density at radius 3 is 2.91 bits per heavy atom. The molecule has 0 bridgehead atoms. The van der Waals surface area contributed by atoms with Crippen LogP contribution >= 0.6 is 11.3 Å². The van der Waals surface area contributed by atoms with E-state index < -0.39 is 12.2 Å². The highest BCUT2D eigenvalue weighted by Gasteiger charge is 2.40. The van der Waals surface area contributed by atoms with Crippen LogP contribution in [0.1, 0.15) is 42.7 Å². The van der Waals surface area contributed by atoms with Crippen LogP contribution in [0.25, 0.3) is 10.6 Å². The van der Waals surface area contributed by atoms with Gasteiger partial charge in [0.2, 0.25) is 0 Å². The highest BCUT2D eigenvalue weighted by Crippen LogP contribution is 2.41. The Labute approximate surface area is 198 Å². The average Bonchev–Trinajstić information content (AvgIpc) is 3.43. The van der Waals surface area contributed by atoms with Gasteiger partial charge >= 0.3 is 6.09 Å². The van der Waals surface area contributed by atoms with Crippen LogP contribution in [0, 0.1) is 0 Å². The van der Waals surface area contributed by atoms with Crippen LogP contribution in [0.3, 0.4) is 0 Å². The Balaban J connectivity index is 1.55. The molecule has 0 radical (unpaired) electrons. The van der Waals surface area contributed by atoms with Gasteiger partial charge in [-0.1, -0.05) is 0 Å². The van der Waals surface area contributed by atoms with Crippen molar-refractivity contribution in [3.05, 3.63) is 28.8 Å². The lowest BCUT2D eigenvalue weighted by Crippen LogP contribution is -2.50. The summed E-state index contributed by atoms with van der Waals surface area (Å²) >= 11 is 1.72. The average molecular weight is 476 g/mol. The molecule has 2 aromatic heterocycles. The van der Waals surface area contributed by atoms with E-state index in [1.807, 2.05) is 22.7 Å². The summed E-state index contributed by atoms with van der Waals surface area (Å²) in [6.07, 6.45) is 4.65. The quantitative estimate of drug-likeness (QED) is 0.541. The van der Waals surface area contributed by atoms with E-state index in [4.69, 9.17) is 4.74 Å². The van der Waals surface area contributed by atoms with E-state index in [1.165, 1.54) is 12.7 Å². The maximum atomic E-state index is 13.4. The van der Waals surface area contributed by atoms with E-state index in [0.29, 0.717) is 19.7 Å². The number of carbonyl (C=O) groups is 2. The molecule has 1 aliphatic heterocycles. The fourth-order valence-corrected chi connectivity index (χ4v) is 5.58. The number of alkyl carbamates (subject to hydrolysis) is 1. The van der Waals surface area contributed by atoms with Crippen molar-refractivity contribution in [2.75, 3.05) is 33.4 Å². The summed E-state index contributed by atoms with van der Waals surface area (Å²) in [5.41, 5.74) is 2.26. The fourth-order valence-electron chi connectivity index (χ4n) is 4.26. The molecular weight excluding hydrogens is 442 g/mol. The molecule has 0 spiro atoms. The normalized spacial score (nSPS) is 19.2. The predicted octanol–water partition coefficient (Wildman–Crippen LogP) is 2.48. The third kappa shape index (κ3) is 5.56. The number of morpholine rings is 1. The predicted molar refractivity (Wildman–Crippen MR) is 126 cm³/mol. The van der Waals surface area contributed by atoms with Crippen LogP contribution in [0.4, 0.5) is 4.79 Å². The Morgan fingerprint density at radius 2 is 2.27 bits per heavy atom. The van der Waals surface area contributed by atoms with Crippen molar-refractivity contribution in [1.29, 1.82) is 0 Å². The standard InChI is InChI=1S/C23H33N5O4S/c1-15(28(17-6-7-17)22(29)19-14-24-11-12-32-19)20-13-16(5-4-9-25-23(30)31-3)21(33-20)18-8-10-26-27(18)2/h8,10,13,15,17,19,24H,4-7,9,11-12,14H2,1-3H3,(H,25,30)/t15-,19+/m0/s1. The number of carbonyl (C=O) groups excluding carboxylic acids is 2. The molecule has 2 fully saturated rings. The van der Waals surface area contributed by atoms with E-state index in [9.17, 15) is 9.59 Å². The summed E-state index contributed by atoms with van der Waals surface area (Å²) < 4.78 is 12.3. The maximum absolute atomic E-state index is 13.4. The highest BCUT2D eigenvalue weighted by atomic mass is 32.1. The molecular formula is C23H33N5O4S. The third-order valence-corrected chi connectivity index (χ3v) is 7.56. The Bertz CT molecular complexity index is 964. The summed E-state index contributed by atoms with van der Waals surface area (Å²) in [6, 6.07) is 4.49. The second kappa shape index (κ2) is 10.7. The molecule has 0 aromatic carbocycles. The van der Waals surface area contributed by atoms with Crippen LogP contribution in [0.15, 0.2) is 18.3 Å². The summed E-state index contributed by atoms with van der Waals surface area (Å²) in [5, 5.41) is 10.4. The number of hydrogen-bond donors (Lipinski definition) is 2. The minimum absolute atomic E-state index is 0.0329. The second-order valence-electron chi connectivity index (χ2n) is 8.58. The lowest BCUT2D eigenvalue weighted by molar-refractivity contribution is -0.148. The number of aromatic nitrogens is 2. The second-order valence-corrected chi connectivity index (χ2v) is 9.67. The number of rotatable bonds is 9. The summed E-state index contributed by atoms with van der Waals surface area (Å²) in [4.78, 5) is 29.1. The van der Waals surface area contributed by atoms with Crippen LogP contribution in [0.2, 0.25) is 0 Å². The molecule has 2 aromatic rings. The van der Waals surface area contributed by atoms with Crippen molar-refractivity contribution >= 4 is 23.3 Å². The van der Waals surface area contributed by atoms with Crippen molar-refractivity contribution in [3.8, 4) is 10.6 Å². The molecule has 2 N–H and O–H groups in total. The number of nitrogens with zero attached hydrogens (tertiary/aromatic N) is 3. The summed E-state index contributed by atoms with van der Waals surface area (Å²) in [6.45, 7) is 4.58. The molecule has 2 amide bonds. The van der Waals surface area contributed by atoms with E-state index in [1.54, 1.807) is 17.5 Å². The van der Waals surface area contributed by atoms with Crippen LogP contribution in [-0.2, 0) is 27.7 Å². The molecule has 2 atom stereocenters. The number of ether oxygens (including phenoxy) is 2. The van der Waals surface area contributed by atoms with Crippen molar-refractivity contribution < 1.29 is 19.1 Å². The lowest BCUT2D eigenvalue weighted by Gasteiger charge is -2.33. The third-order valence-electron chi connectivity index (χ3n) is 6.19. The van der Waals surface area contributed by atoms with Gasteiger partial charge in [0.25, 0.3) is 5.91 Å². The first-order chi connectivity index (χ1) is 16.0. The molecule has 1 saturated heterocycles. The van der Waals surface area contributed by atoms with Gasteiger partial charge in [0.05, 0.1) is 30.3 Å². The zero-order valence-corrected chi connectivity index (χ0v) is 20.3. The number of thiophene rings is 1. The van der Waals surface area contributed by atoms with Gasteiger partial charge in [-0.3, -0.25) is 9.48 Å². The maximum Gasteiger partial charge on any atom is 0.406 e. The molecule has 1 aliphatic carbocycles. The molecule has 0 unspecified atom stereocenters. The first-order valence-electron chi connectivity index (χ1n) is 11.6. The van der Waals surface area contributed by atoms with Crippen LogP contribution < -0.4 is 10.6 Å². The number of aryl methyl sites for hydroxylation is 2. The lowest BCUT2D eigenvalue weighted by atomic mass is 10.1. The Morgan fingerprint density at radius 1 is 1.45 bits per heavy atom. The van der Waals surface area contributed by atoms with E-state index in [0.717, 1.165) is 47.7 Å². The van der Waals surface area contributed by atoms with Crippen LogP contribution in [0.5, 0.6) is 0 Å².